The van der Waals surface area contributed by atoms with Crippen molar-refractivity contribution in [2.75, 3.05) is 7.05 Å². The van der Waals surface area contributed by atoms with Crippen molar-refractivity contribution in [1.29, 1.82) is 0 Å². The van der Waals surface area contributed by atoms with Crippen molar-refractivity contribution in [3.05, 3.63) is 15.6 Å². The second kappa shape index (κ2) is 4.11. The van der Waals surface area contributed by atoms with Gasteiger partial charge in [-0.05, 0) is 45.6 Å². The number of hydrogen-bond acceptors (Lipinski definition) is 3. The first-order valence-electron chi connectivity index (χ1n) is 6.52. The van der Waals surface area contributed by atoms with Gasteiger partial charge in [0.05, 0.1) is 11.2 Å². The van der Waals surface area contributed by atoms with Gasteiger partial charge in [-0.2, -0.15) is 0 Å². The molecule has 1 saturated carbocycles. The molecule has 3 rings (SSSR count). The second-order valence-electron chi connectivity index (χ2n) is 5.14. The van der Waals surface area contributed by atoms with Crippen LogP contribution in [0.2, 0.25) is 0 Å². The van der Waals surface area contributed by atoms with Crippen molar-refractivity contribution in [1.82, 2.24) is 10.3 Å². The van der Waals surface area contributed by atoms with E-state index in [1.807, 2.05) is 11.3 Å². The van der Waals surface area contributed by atoms with Crippen LogP contribution in [0.4, 0.5) is 0 Å². The van der Waals surface area contributed by atoms with Gasteiger partial charge in [-0.3, -0.25) is 0 Å². The fourth-order valence-electron chi connectivity index (χ4n) is 3.11. The van der Waals surface area contributed by atoms with Gasteiger partial charge < -0.3 is 5.32 Å². The van der Waals surface area contributed by atoms with Crippen molar-refractivity contribution in [2.24, 2.45) is 0 Å². The monoisotopic (exact) mass is 236 g/mol. The highest BCUT2D eigenvalue weighted by Gasteiger charge is 2.37. The molecule has 0 radical (unpaired) electrons. The van der Waals surface area contributed by atoms with Crippen LogP contribution in [0.3, 0.4) is 0 Å². The normalized spacial score (nSPS) is 23.3. The highest BCUT2D eigenvalue weighted by Crippen LogP contribution is 2.42. The molecule has 0 spiro atoms. The summed E-state index contributed by atoms with van der Waals surface area (Å²) in [5.41, 5.74) is 1.63. The van der Waals surface area contributed by atoms with E-state index in [1.54, 1.807) is 4.88 Å². The molecule has 16 heavy (non-hydrogen) atoms. The highest BCUT2D eigenvalue weighted by molar-refractivity contribution is 7.11. The van der Waals surface area contributed by atoms with Crippen LogP contribution in [-0.2, 0) is 18.4 Å². The molecule has 1 fully saturated rings. The van der Waals surface area contributed by atoms with Crippen molar-refractivity contribution in [2.45, 2.75) is 56.9 Å². The third-order valence-corrected chi connectivity index (χ3v) is 5.55. The average molecular weight is 236 g/mol. The van der Waals surface area contributed by atoms with E-state index in [2.05, 4.69) is 12.4 Å². The molecule has 1 N–H and O–H groups in total. The van der Waals surface area contributed by atoms with Crippen LogP contribution in [0, 0.1) is 0 Å². The number of nitrogens with one attached hydrogen (secondary N) is 1. The standard InChI is InChI=1S/C13H20N2S/c1-14-13(8-4-5-9-13)12-15-10-6-2-3-7-11(10)16-12/h14H,2-9H2,1H3. The number of thiazole rings is 1. The summed E-state index contributed by atoms with van der Waals surface area (Å²) < 4.78 is 0. The van der Waals surface area contributed by atoms with Crippen molar-refractivity contribution >= 4 is 11.3 Å². The third kappa shape index (κ3) is 1.61. The fourth-order valence-corrected chi connectivity index (χ4v) is 4.51. The van der Waals surface area contributed by atoms with Crippen molar-refractivity contribution < 1.29 is 0 Å². The summed E-state index contributed by atoms with van der Waals surface area (Å²) in [6.45, 7) is 0. The van der Waals surface area contributed by atoms with Gasteiger partial charge in [0.25, 0.3) is 0 Å². The number of aromatic nitrogens is 1. The topological polar surface area (TPSA) is 24.9 Å². The minimum Gasteiger partial charge on any atom is -0.308 e. The Morgan fingerprint density at radius 1 is 1.12 bits per heavy atom. The van der Waals surface area contributed by atoms with E-state index in [-0.39, 0.29) is 5.54 Å². The Kier molecular flexibility index (Phi) is 2.76. The zero-order valence-corrected chi connectivity index (χ0v) is 10.8. The Hall–Kier alpha value is -0.410. The molecule has 0 aromatic carbocycles. The zero-order chi connectivity index (χ0) is 11.0. The molecule has 1 heterocycles. The number of fused-ring (bicyclic) bond motifs is 1. The minimum atomic E-state index is 0.224. The van der Waals surface area contributed by atoms with Crippen LogP contribution in [0.1, 0.15) is 54.1 Å². The van der Waals surface area contributed by atoms with Crippen LogP contribution in [0.5, 0.6) is 0 Å². The summed E-state index contributed by atoms with van der Waals surface area (Å²) >= 11 is 1.98. The summed E-state index contributed by atoms with van der Waals surface area (Å²) in [5.74, 6) is 0. The predicted molar refractivity (Wildman–Crippen MR) is 68.0 cm³/mol. The number of nitrogens with zero attached hydrogens (tertiary/aromatic N) is 1. The Bertz CT molecular complexity index is 354. The Morgan fingerprint density at radius 2 is 1.88 bits per heavy atom. The quantitative estimate of drug-likeness (QED) is 0.854. The maximum atomic E-state index is 4.93. The summed E-state index contributed by atoms with van der Waals surface area (Å²) in [4.78, 5) is 6.50. The van der Waals surface area contributed by atoms with Crippen molar-refractivity contribution in [3.63, 3.8) is 0 Å². The SMILES string of the molecule is CNC1(c2nc3c(s2)CCCC3)CCCC1. The molecule has 0 amide bonds. The third-order valence-electron chi connectivity index (χ3n) is 4.19. The van der Waals surface area contributed by atoms with Gasteiger partial charge in [-0.1, -0.05) is 12.8 Å². The molecular formula is C13H20N2S. The first-order valence-corrected chi connectivity index (χ1v) is 7.34. The van der Waals surface area contributed by atoms with E-state index in [4.69, 9.17) is 4.98 Å². The molecule has 0 aliphatic heterocycles. The van der Waals surface area contributed by atoms with Gasteiger partial charge in [0.15, 0.2) is 0 Å². The summed E-state index contributed by atoms with van der Waals surface area (Å²) in [6.07, 6.45) is 10.4. The van der Waals surface area contributed by atoms with Gasteiger partial charge in [0.1, 0.15) is 5.01 Å². The molecule has 1 aromatic rings. The van der Waals surface area contributed by atoms with Crippen molar-refractivity contribution in [3.8, 4) is 0 Å². The lowest BCUT2D eigenvalue weighted by atomic mass is 9.98. The maximum absolute atomic E-state index is 4.93. The largest absolute Gasteiger partial charge is 0.308 e. The van der Waals surface area contributed by atoms with Gasteiger partial charge in [-0.15, -0.1) is 11.3 Å². The molecular weight excluding hydrogens is 216 g/mol. The minimum absolute atomic E-state index is 0.224. The average Bonchev–Trinajstić information content (AvgIpc) is 2.96. The Balaban J connectivity index is 1.96. The summed E-state index contributed by atoms with van der Waals surface area (Å²) in [5, 5.41) is 4.93. The molecule has 3 heteroatoms. The molecule has 1 aromatic heterocycles. The van der Waals surface area contributed by atoms with E-state index in [0.717, 1.165) is 0 Å². The fraction of sp³-hybridized carbons (Fsp3) is 0.769. The Morgan fingerprint density at radius 3 is 2.56 bits per heavy atom. The van der Waals surface area contributed by atoms with E-state index in [0.29, 0.717) is 0 Å². The molecule has 2 nitrogen and oxygen atoms in total. The molecule has 0 unspecified atom stereocenters. The highest BCUT2D eigenvalue weighted by atomic mass is 32.1. The van der Waals surface area contributed by atoms with Gasteiger partial charge >= 0.3 is 0 Å². The molecule has 0 saturated heterocycles. The molecule has 0 bridgehead atoms. The first kappa shape index (κ1) is 10.7. The van der Waals surface area contributed by atoms with Crippen LogP contribution in [-0.4, -0.2) is 12.0 Å². The molecule has 0 atom stereocenters. The van der Waals surface area contributed by atoms with Crippen LogP contribution >= 0.6 is 11.3 Å². The summed E-state index contributed by atoms with van der Waals surface area (Å²) in [6, 6.07) is 0. The first-order chi connectivity index (χ1) is 7.84. The molecule has 2 aliphatic rings. The molecule has 88 valence electrons. The van der Waals surface area contributed by atoms with Crippen LogP contribution in [0.15, 0.2) is 0 Å². The zero-order valence-electron chi connectivity index (χ0n) is 10.0. The number of hydrogen-bond donors (Lipinski definition) is 1. The van der Waals surface area contributed by atoms with E-state index in [9.17, 15) is 0 Å². The molecule has 2 aliphatic carbocycles. The van der Waals surface area contributed by atoms with Gasteiger partial charge in [-0.25, -0.2) is 4.98 Å². The second-order valence-corrected chi connectivity index (χ2v) is 6.22. The maximum Gasteiger partial charge on any atom is 0.113 e. The predicted octanol–water partition coefficient (Wildman–Crippen LogP) is 3.01. The van der Waals surface area contributed by atoms with Crippen LogP contribution in [0.25, 0.3) is 0 Å². The smallest absolute Gasteiger partial charge is 0.113 e. The van der Waals surface area contributed by atoms with Gasteiger partial charge in [0, 0.05) is 4.88 Å². The number of rotatable bonds is 2. The van der Waals surface area contributed by atoms with E-state index < -0.39 is 0 Å². The lowest BCUT2D eigenvalue weighted by Gasteiger charge is -2.25. The van der Waals surface area contributed by atoms with E-state index in [1.165, 1.54) is 62.1 Å². The Labute approximate surface area is 101 Å². The lowest BCUT2D eigenvalue weighted by molar-refractivity contribution is 0.370. The van der Waals surface area contributed by atoms with Gasteiger partial charge in [0.2, 0.25) is 0 Å². The summed E-state index contributed by atoms with van der Waals surface area (Å²) in [7, 11) is 2.10. The van der Waals surface area contributed by atoms with E-state index >= 15 is 0 Å². The van der Waals surface area contributed by atoms with Crippen LogP contribution < -0.4 is 5.32 Å². The lowest BCUT2D eigenvalue weighted by Crippen LogP contribution is -2.36. The number of aryl methyl sites for hydroxylation is 2.